The summed E-state index contributed by atoms with van der Waals surface area (Å²) in [4.78, 5) is 222. The first-order chi connectivity index (χ1) is 57.8. The summed E-state index contributed by atoms with van der Waals surface area (Å²) in [6.45, 7) is 0.323. The maximum Gasteiger partial charge on any atom is 0.254 e. The highest BCUT2D eigenvalue weighted by Crippen LogP contribution is 2.29. The largest absolute Gasteiger partial charge is 0.361 e. The number of aromatic amines is 6. The third kappa shape index (κ3) is 24.1. The third-order valence-electron chi connectivity index (χ3n) is 20.4. The van der Waals surface area contributed by atoms with Gasteiger partial charge in [0.2, 0.25) is 65.0 Å². The number of fused-ring (bicyclic) bond motifs is 6. The van der Waals surface area contributed by atoms with Crippen molar-refractivity contribution in [3.05, 3.63) is 217 Å². The number of amides is 12. The molecule has 0 spiro atoms. The molecule has 10 aromatic rings. The topological polar surface area (TPSA) is 548 Å². The van der Waals surface area contributed by atoms with E-state index in [1.54, 1.807) is 122 Å². The van der Waals surface area contributed by atoms with Crippen LogP contribution in [0.4, 0.5) is 0 Å². The lowest BCUT2D eigenvalue weighted by Crippen LogP contribution is -2.62. The van der Waals surface area contributed by atoms with Crippen molar-refractivity contribution in [2.45, 2.75) is 162 Å². The molecule has 8 heterocycles. The summed E-state index contributed by atoms with van der Waals surface area (Å²) in [5.41, 5.74) is 16.8. The Balaban J connectivity index is 1.00. The van der Waals surface area contributed by atoms with Gasteiger partial charge in [0.05, 0.1) is 48.1 Å². The minimum absolute atomic E-state index is 0.109. The Morgan fingerprint density at radius 1 is 0.303 bits per heavy atom. The van der Waals surface area contributed by atoms with Crippen LogP contribution in [0.15, 0.2) is 172 Å². The lowest BCUT2D eigenvalue weighted by molar-refractivity contribution is -0.136. The van der Waals surface area contributed by atoms with Crippen LogP contribution in [0.2, 0.25) is 0 Å². The number of nitrogens with one attached hydrogen (secondary N) is 18. The number of aromatic nitrogens is 10. The Kier molecular flexibility index (Phi) is 30.3. The van der Waals surface area contributed by atoms with E-state index in [0.717, 1.165) is 10.8 Å². The van der Waals surface area contributed by atoms with Gasteiger partial charge in [0.1, 0.15) is 66.5 Å². The van der Waals surface area contributed by atoms with Crippen molar-refractivity contribution in [2.75, 3.05) is 18.8 Å². The molecule has 0 saturated carbocycles. The van der Waals surface area contributed by atoms with E-state index in [0.29, 0.717) is 90.5 Å². The van der Waals surface area contributed by atoms with Crippen LogP contribution in [-0.2, 0) is 109 Å². The number of carbonyl (C=O) groups is 12. The van der Waals surface area contributed by atoms with E-state index in [-0.39, 0.29) is 90.1 Å². The van der Waals surface area contributed by atoms with Crippen LogP contribution in [0.5, 0.6) is 0 Å². The van der Waals surface area contributed by atoms with E-state index in [1.807, 2.05) is 0 Å². The van der Waals surface area contributed by atoms with Crippen LogP contribution in [0.1, 0.15) is 83.6 Å². The van der Waals surface area contributed by atoms with Crippen LogP contribution in [-0.4, -0.2) is 211 Å². The van der Waals surface area contributed by atoms with E-state index in [9.17, 15) is 0 Å². The zero-order valence-corrected chi connectivity index (χ0v) is 66.4. The summed E-state index contributed by atoms with van der Waals surface area (Å²) in [7, 11) is 1.44. The first kappa shape index (κ1) is 85.4. The molecule has 2 bridgehead atoms. The fourth-order valence-corrected chi connectivity index (χ4v) is 16.4. The fourth-order valence-electron chi connectivity index (χ4n) is 14.1. The van der Waals surface area contributed by atoms with Crippen molar-refractivity contribution in [3.8, 4) is 0 Å². The summed E-state index contributed by atoms with van der Waals surface area (Å²) in [5.74, 6) is -11.7. The van der Waals surface area contributed by atoms with Gasteiger partial charge in [-0.3, -0.25) is 57.5 Å². The molecular formula is C81H96N24O12S2. The SMILES string of the molecule is NCCCC[C@H]1NC(=O)[C@@H]2CSS[C@H](NC(=O)[C@H](Cc3c[nH]c4ccccc34)NC(=O)[C@H](Cc3c[nH]cn3)NC(=O)[C@@H](Cc3ccccc3)NC(=O)[C@H](Cc3c[nH]cn3)NC1=O)C(=O)N[C@H](CCCCN)C(=O)N[C@@H](Cc1c[nH]cn1)C(=O)N[C@H](Cc1ccccc1)C(=O)N[C@@H](Cc1c[nH]cn1)C(=O)N[C@@H](Cc1c[nH]c3ccccc13)C(=O)N2. The second-order valence-electron chi connectivity index (χ2n) is 29.1. The highest BCUT2D eigenvalue weighted by atomic mass is 33.1. The molecule has 36 nitrogen and oxygen atoms in total. The zero-order valence-electron chi connectivity index (χ0n) is 64.8. The predicted molar refractivity (Wildman–Crippen MR) is 442 cm³/mol. The minimum atomic E-state index is -1.82. The number of H-pyrrole nitrogens is 6. The molecule has 0 unspecified atom stereocenters. The van der Waals surface area contributed by atoms with Gasteiger partial charge in [0.25, 0.3) is 5.91 Å². The summed E-state index contributed by atoms with van der Waals surface area (Å²) < 4.78 is 0. The third-order valence-corrected chi connectivity index (χ3v) is 22.9. The van der Waals surface area contributed by atoms with Crippen LogP contribution < -0.4 is 75.3 Å². The molecule has 2 saturated heterocycles. The molecule has 2 fully saturated rings. The smallest absolute Gasteiger partial charge is 0.254 e. The monoisotopic (exact) mass is 1660 g/mol. The van der Waals surface area contributed by atoms with Gasteiger partial charge < -0.3 is 105 Å². The Labute approximate surface area is 690 Å². The van der Waals surface area contributed by atoms with E-state index in [4.69, 9.17) is 11.5 Å². The van der Waals surface area contributed by atoms with Crippen LogP contribution >= 0.6 is 21.6 Å². The number of unbranched alkanes of at least 4 members (excludes halogenated alkanes) is 2. The molecular weight excluding hydrogens is 1570 g/mol. The number of rotatable bonds is 24. The maximum atomic E-state index is 15.9. The molecule has 22 N–H and O–H groups in total. The highest BCUT2D eigenvalue weighted by Gasteiger charge is 2.40. The summed E-state index contributed by atoms with van der Waals surface area (Å²) in [6.07, 6.45) is 13.7. The van der Waals surface area contributed by atoms with Gasteiger partial charge in [-0.1, -0.05) is 119 Å². The van der Waals surface area contributed by atoms with E-state index in [1.165, 1.54) is 50.1 Å². The highest BCUT2D eigenvalue weighted by molar-refractivity contribution is 8.77. The van der Waals surface area contributed by atoms with Crippen LogP contribution in [0.25, 0.3) is 21.8 Å². The van der Waals surface area contributed by atoms with Gasteiger partial charge in [-0.05, 0) is 86.0 Å². The van der Waals surface area contributed by atoms with Crippen molar-refractivity contribution in [1.82, 2.24) is 114 Å². The Bertz CT molecular complexity index is 4760. The number of benzene rings is 4. The predicted octanol–water partition coefficient (Wildman–Crippen LogP) is 0.225. The Morgan fingerprint density at radius 3 is 0.958 bits per heavy atom. The van der Waals surface area contributed by atoms with E-state index >= 15 is 57.5 Å². The van der Waals surface area contributed by atoms with Gasteiger partial charge in [-0.2, -0.15) is 0 Å². The van der Waals surface area contributed by atoms with Crippen molar-refractivity contribution < 1.29 is 57.5 Å². The van der Waals surface area contributed by atoms with Gasteiger partial charge in [-0.25, -0.2) is 19.9 Å². The number of carbonyl (C=O) groups excluding carboxylic acids is 12. The lowest BCUT2D eigenvalue weighted by Gasteiger charge is -2.30. The van der Waals surface area contributed by atoms with Gasteiger partial charge in [0.15, 0.2) is 5.37 Å². The van der Waals surface area contributed by atoms with E-state index in [2.05, 4.69) is 114 Å². The van der Waals surface area contributed by atoms with Gasteiger partial charge in [-0.15, -0.1) is 0 Å². The van der Waals surface area contributed by atoms with Gasteiger partial charge in [0, 0.05) is 116 Å². The number of para-hydroxylation sites is 2. The number of nitrogens with two attached hydrogens (primary N) is 2. The van der Waals surface area contributed by atoms with Crippen molar-refractivity contribution >= 4 is 114 Å². The lowest BCUT2D eigenvalue weighted by atomic mass is 10.0. The number of imidazole rings is 4. The van der Waals surface area contributed by atoms with Crippen molar-refractivity contribution in [3.63, 3.8) is 0 Å². The molecule has 0 aliphatic carbocycles. The number of nitrogens with zero attached hydrogens (tertiary/aromatic N) is 4. The second kappa shape index (κ2) is 42.3. The quantitative estimate of drug-likeness (QED) is 0.0284. The van der Waals surface area contributed by atoms with Crippen molar-refractivity contribution in [1.29, 1.82) is 0 Å². The average molecular weight is 1660 g/mol. The first-order valence-electron chi connectivity index (χ1n) is 39.2. The summed E-state index contributed by atoms with van der Waals surface area (Å²) in [5, 5.41) is 33.4. The molecule has 119 heavy (non-hydrogen) atoms. The normalized spacial score (nSPS) is 23.0. The minimum Gasteiger partial charge on any atom is -0.361 e. The van der Waals surface area contributed by atoms with Crippen molar-refractivity contribution in [2.24, 2.45) is 11.5 Å². The Morgan fingerprint density at radius 2 is 0.605 bits per heavy atom. The molecule has 6 aromatic heterocycles. The number of hydrogen-bond donors (Lipinski definition) is 20. The molecule has 38 heteroatoms. The molecule has 2 aliphatic heterocycles. The second-order valence-corrected chi connectivity index (χ2v) is 31.6. The summed E-state index contributed by atoms with van der Waals surface area (Å²) >= 11 is 0. The van der Waals surface area contributed by atoms with Crippen LogP contribution in [0, 0.1) is 0 Å². The first-order valence-corrected chi connectivity index (χ1v) is 41.6. The molecule has 4 aromatic carbocycles. The standard InChI is InChI=1S/C81H96N24O12S2/c82-25-13-11-23-58-69(106)100-64(31-50-37-84-42-90-50)74(111)96-61(28-47-17-5-2-6-18-47)72(109)103-67(34-53-40-87-45-93-53)77(114)99-63(30-49-36-89-57-22-10-8-20-55(49)57)78(115)105-81-80(117)95-59(24-12-14-26-83)70(107)101-65(32-51-38-85-43-91-51)75(112)97-60(27-46-15-3-1-4-16-46)71(108)102-66(33-52-39-86-44-92-52)76(113)98-62(29-48-35-88-56-21-9-7-19-54(48)56)73(110)104-68(41-118-119-81)79(116)94-58/h1-10,15-22,35-40,42-45,58-68,81,88-89H,11-14,23-34,41,82-83H2,(H,84,90)(H,85,91)(H,86,92)(H,87,93)(H,94,116)(H,95,117)(H,96,111)(H,97,112)(H,98,113)(H,99,114)(H,100,106)(H,101,107)(H,102,108)(H,103,109)(H,104,110)(H,105,115)/t58-,59-,60-,61-,62+,63+,64+,65+,66+,67+,68+,81+/m1/s1. The zero-order chi connectivity index (χ0) is 83.6. The van der Waals surface area contributed by atoms with Gasteiger partial charge >= 0.3 is 0 Å². The molecule has 2 aliphatic rings. The fraction of sp³-hybridized carbons (Fsp3) is 0.358. The molecule has 0 radical (unpaired) electrons. The molecule has 12 amide bonds. The maximum absolute atomic E-state index is 15.9. The molecule has 12 rings (SSSR count). The molecule has 624 valence electrons. The Hall–Kier alpha value is -12.9. The van der Waals surface area contributed by atoms with Crippen LogP contribution in [0.3, 0.4) is 0 Å². The molecule has 12 atom stereocenters. The van der Waals surface area contributed by atoms with E-state index < -0.39 is 148 Å². The average Bonchev–Trinajstić information content (AvgIpc) is 1.77. The number of hydrogen-bond acceptors (Lipinski definition) is 20. The summed E-state index contributed by atoms with van der Waals surface area (Å²) in [6, 6.07) is 14.4.